The lowest BCUT2D eigenvalue weighted by atomic mass is 10.2. The molecule has 3 aromatic rings. The van der Waals surface area contributed by atoms with Crippen LogP contribution in [0.3, 0.4) is 0 Å². The van der Waals surface area contributed by atoms with Crippen LogP contribution in [0.5, 0.6) is 0 Å². The molecule has 2 aliphatic heterocycles. The van der Waals surface area contributed by atoms with Crippen LogP contribution in [-0.2, 0) is 14.8 Å². The van der Waals surface area contributed by atoms with Gasteiger partial charge in [0.05, 0.1) is 35.7 Å². The van der Waals surface area contributed by atoms with Crippen LogP contribution in [0.4, 0.5) is 5.69 Å². The Morgan fingerprint density at radius 1 is 0.971 bits per heavy atom. The normalized spacial score (nSPS) is 17.8. The Hall–Kier alpha value is -3.02. The van der Waals surface area contributed by atoms with Crippen LogP contribution in [0, 0.1) is 13.8 Å². The Morgan fingerprint density at radius 2 is 1.68 bits per heavy atom. The lowest BCUT2D eigenvalue weighted by Crippen LogP contribution is -2.40. The molecule has 2 fully saturated rings. The first kappa shape index (κ1) is 22.8. The number of hydrogen-bond acceptors (Lipinski definition) is 7. The predicted molar refractivity (Wildman–Crippen MR) is 129 cm³/mol. The molecule has 0 amide bonds. The number of hydrogen-bond donors (Lipinski definition) is 0. The van der Waals surface area contributed by atoms with Crippen LogP contribution in [0.25, 0.3) is 5.69 Å². The molecule has 0 radical (unpaired) electrons. The van der Waals surface area contributed by atoms with E-state index in [1.807, 2.05) is 26.0 Å². The van der Waals surface area contributed by atoms with Gasteiger partial charge in [0.2, 0.25) is 10.0 Å². The number of morpholine rings is 1. The average Bonchev–Trinajstić information content (AvgIpc) is 3.61. The van der Waals surface area contributed by atoms with Crippen LogP contribution < -0.4 is 4.90 Å². The van der Waals surface area contributed by atoms with Gasteiger partial charge in [-0.05, 0) is 51.0 Å². The third-order valence-electron chi connectivity index (χ3n) is 6.45. The SMILES string of the molecule is Cc1cc(C=Nn2cnnc2)c(C)n1-c1cc(S(=O)(=O)N2CCOCC2)ccc1N1CCCC1. The molecule has 11 heteroatoms. The molecule has 2 saturated heterocycles. The highest BCUT2D eigenvalue weighted by Crippen LogP contribution is 2.34. The van der Waals surface area contributed by atoms with Crippen LogP contribution in [0.15, 0.2) is 46.9 Å². The van der Waals surface area contributed by atoms with E-state index in [0.29, 0.717) is 31.2 Å². The topological polar surface area (TPSA) is 97.8 Å². The number of anilines is 1. The number of rotatable bonds is 6. The molecule has 0 atom stereocenters. The zero-order chi connectivity index (χ0) is 23.7. The fraction of sp³-hybridized carbons (Fsp3) is 0.435. The number of aromatic nitrogens is 4. The molecular formula is C23H29N7O3S. The molecule has 180 valence electrons. The van der Waals surface area contributed by atoms with Crippen molar-refractivity contribution >= 4 is 21.9 Å². The molecule has 0 unspecified atom stereocenters. The van der Waals surface area contributed by atoms with Crippen molar-refractivity contribution in [3.05, 3.63) is 53.9 Å². The van der Waals surface area contributed by atoms with E-state index in [1.54, 1.807) is 12.3 Å². The molecule has 0 aliphatic carbocycles. The van der Waals surface area contributed by atoms with Gasteiger partial charge in [-0.2, -0.15) is 9.41 Å². The second-order valence-corrected chi connectivity index (χ2v) is 10.5. The molecule has 2 aliphatic rings. The summed E-state index contributed by atoms with van der Waals surface area (Å²) in [7, 11) is -3.61. The van der Waals surface area contributed by atoms with Gasteiger partial charge in [0, 0.05) is 43.1 Å². The lowest BCUT2D eigenvalue weighted by molar-refractivity contribution is 0.0730. The van der Waals surface area contributed by atoms with E-state index in [-0.39, 0.29) is 0 Å². The van der Waals surface area contributed by atoms with Gasteiger partial charge in [0.1, 0.15) is 12.7 Å². The molecule has 34 heavy (non-hydrogen) atoms. The minimum Gasteiger partial charge on any atom is -0.379 e. The summed E-state index contributed by atoms with van der Waals surface area (Å²) in [6.07, 6.45) is 7.09. The summed E-state index contributed by atoms with van der Waals surface area (Å²) in [5, 5.41) is 11.9. The van der Waals surface area contributed by atoms with E-state index in [9.17, 15) is 8.42 Å². The first-order valence-electron chi connectivity index (χ1n) is 11.5. The van der Waals surface area contributed by atoms with Crippen molar-refractivity contribution in [3.63, 3.8) is 0 Å². The number of ether oxygens (including phenoxy) is 1. The van der Waals surface area contributed by atoms with Crippen molar-refractivity contribution in [3.8, 4) is 5.69 Å². The number of aryl methyl sites for hydroxylation is 1. The Kier molecular flexibility index (Phi) is 6.24. The quantitative estimate of drug-likeness (QED) is 0.499. The van der Waals surface area contributed by atoms with Crippen molar-refractivity contribution in [1.82, 2.24) is 23.7 Å². The van der Waals surface area contributed by atoms with E-state index in [4.69, 9.17) is 4.74 Å². The molecule has 2 aromatic heterocycles. The largest absolute Gasteiger partial charge is 0.379 e. The zero-order valence-corrected chi connectivity index (χ0v) is 20.3. The third kappa shape index (κ3) is 4.26. The molecule has 1 aromatic carbocycles. The monoisotopic (exact) mass is 483 g/mol. The Balaban J connectivity index is 1.60. The van der Waals surface area contributed by atoms with E-state index >= 15 is 0 Å². The fourth-order valence-electron chi connectivity index (χ4n) is 4.68. The summed E-state index contributed by atoms with van der Waals surface area (Å²) in [4.78, 5) is 2.64. The molecule has 0 saturated carbocycles. The van der Waals surface area contributed by atoms with Gasteiger partial charge >= 0.3 is 0 Å². The maximum atomic E-state index is 13.4. The molecule has 10 nitrogen and oxygen atoms in total. The molecule has 0 bridgehead atoms. The predicted octanol–water partition coefficient (Wildman–Crippen LogP) is 2.19. The first-order valence-corrected chi connectivity index (χ1v) is 12.9. The van der Waals surface area contributed by atoms with Gasteiger partial charge in [-0.15, -0.1) is 10.2 Å². The molecular weight excluding hydrogens is 454 g/mol. The van der Waals surface area contributed by atoms with E-state index in [1.165, 1.54) is 21.6 Å². The smallest absolute Gasteiger partial charge is 0.243 e. The summed E-state index contributed by atoms with van der Waals surface area (Å²) in [6, 6.07) is 7.57. The average molecular weight is 484 g/mol. The number of benzene rings is 1. The van der Waals surface area contributed by atoms with E-state index < -0.39 is 10.0 Å². The zero-order valence-electron chi connectivity index (χ0n) is 19.5. The van der Waals surface area contributed by atoms with E-state index in [0.717, 1.165) is 54.3 Å². The van der Waals surface area contributed by atoms with Gasteiger partial charge in [0.25, 0.3) is 0 Å². The molecule has 0 N–H and O–H groups in total. The van der Waals surface area contributed by atoms with Crippen molar-refractivity contribution < 1.29 is 13.2 Å². The van der Waals surface area contributed by atoms with Gasteiger partial charge < -0.3 is 14.2 Å². The maximum Gasteiger partial charge on any atom is 0.243 e. The second-order valence-electron chi connectivity index (χ2n) is 8.61. The first-order chi connectivity index (χ1) is 16.4. The number of sulfonamides is 1. The van der Waals surface area contributed by atoms with Crippen molar-refractivity contribution in [1.29, 1.82) is 0 Å². The van der Waals surface area contributed by atoms with Crippen molar-refractivity contribution in [2.75, 3.05) is 44.3 Å². The standard InChI is InChI=1S/C23H29N7O3S/c1-18-13-20(15-26-28-16-24-25-17-28)19(2)30(18)23-14-21(5-6-22(23)27-7-3-4-8-27)34(31,32)29-9-11-33-12-10-29/h5-6,13-17H,3-4,7-12H2,1-2H3. The summed E-state index contributed by atoms with van der Waals surface area (Å²) >= 11 is 0. The highest BCUT2D eigenvalue weighted by molar-refractivity contribution is 7.89. The van der Waals surface area contributed by atoms with Crippen molar-refractivity contribution in [2.24, 2.45) is 5.10 Å². The summed E-state index contributed by atoms with van der Waals surface area (Å²) in [5.41, 5.74) is 4.84. The van der Waals surface area contributed by atoms with E-state index in [2.05, 4.69) is 30.8 Å². The molecule has 0 spiro atoms. The minimum absolute atomic E-state index is 0.305. The van der Waals surface area contributed by atoms with Gasteiger partial charge in [-0.1, -0.05) is 0 Å². The van der Waals surface area contributed by atoms with Crippen LogP contribution in [-0.4, -0.2) is 77.8 Å². The Morgan fingerprint density at radius 3 is 2.38 bits per heavy atom. The lowest BCUT2D eigenvalue weighted by Gasteiger charge is -2.28. The Bertz CT molecular complexity index is 1290. The fourth-order valence-corrected chi connectivity index (χ4v) is 6.11. The van der Waals surface area contributed by atoms with Gasteiger partial charge in [0.15, 0.2) is 0 Å². The second kappa shape index (κ2) is 9.32. The van der Waals surface area contributed by atoms with Crippen LogP contribution in [0.1, 0.15) is 29.8 Å². The van der Waals surface area contributed by atoms with Crippen molar-refractivity contribution in [2.45, 2.75) is 31.6 Å². The summed E-state index contributed by atoms with van der Waals surface area (Å²) < 4.78 is 37.4. The van der Waals surface area contributed by atoms with Gasteiger partial charge in [-0.3, -0.25) is 0 Å². The molecule has 5 rings (SSSR count). The highest BCUT2D eigenvalue weighted by atomic mass is 32.2. The van der Waals surface area contributed by atoms with Gasteiger partial charge in [-0.25, -0.2) is 13.1 Å². The number of nitrogens with zero attached hydrogens (tertiary/aromatic N) is 7. The highest BCUT2D eigenvalue weighted by Gasteiger charge is 2.28. The Labute approximate surface area is 199 Å². The minimum atomic E-state index is -3.61. The summed E-state index contributed by atoms with van der Waals surface area (Å²) in [6.45, 7) is 7.56. The maximum absolute atomic E-state index is 13.4. The summed E-state index contributed by atoms with van der Waals surface area (Å²) in [5.74, 6) is 0. The molecule has 4 heterocycles. The van der Waals surface area contributed by atoms with Crippen LogP contribution in [0.2, 0.25) is 0 Å². The van der Waals surface area contributed by atoms with Crippen LogP contribution >= 0.6 is 0 Å². The third-order valence-corrected chi connectivity index (χ3v) is 8.34.